The highest BCUT2D eigenvalue weighted by Crippen LogP contribution is 2.08. The van der Waals surface area contributed by atoms with Gasteiger partial charge in [0.15, 0.2) is 0 Å². The predicted octanol–water partition coefficient (Wildman–Crippen LogP) is 2.64. The summed E-state index contributed by atoms with van der Waals surface area (Å²) in [4.78, 5) is 11.1. The topological polar surface area (TPSA) is 81.8 Å². The van der Waals surface area contributed by atoms with Crippen LogP contribution in [0.25, 0.3) is 0 Å². The summed E-state index contributed by atoms with van der Waals surface area (Å²) < 4.78 is 10.3. The van der Waals surface area contributed by atoms with Crippen molar-refractivity contribution in [3.63, 3.8) is 0 Å². The standard InChI is InChI=1S/C8H17NO3.C8H18O/c1-5(10)6(9)7(11)12-8(2,3)4;1-3-5-7-9-8-6-4-2/h5-6,10H,9H2,1-4H3;3-8H2,1-2H3. The number of unbranched alkanes of at least 4 members (excludes halogenated alkanes) is 2. The van der Waals surface area contributed by atoms with E-state index in [1.807, 2.05) is 0 Å². The Kier molecular flexibility index (Phi) is 14.1. The molecular formula is C16H35NO4. The molecule has 0 saturated heterocycles. The number of aliphatic hydroxyl groups excluding tert-OH is 1. The molecule has 0 aromatic heterocycles. The van der Waals surface area contributed by atoms with Crippen LogP contribution in [0.3, 0.4) is 0 Å². The lowest BCUT2D eigenvalue weighted by atomic mass is 10.1. The summed E-state index contributed by atoms with van der Waals surface area (Å²) in [5.41, 5.74) is 4.79. The summed E-state index contributed by atoms with van der Waals surface area (Å²) in [6.45, 7) is 13.0. The van der Waals surface area contributed by atoms with Crippen molar-refractivity contribution in [1.82, 2.24) is 0 Å². The molecule has 0 aliphatic rings. The van der Waals surface area contributed by atoms with Crippen molar-refractivity contribution in [2.75, 3.05) is 13.2 Å². The molecule has 128 valence electrons. The minimum absolute atomic E-state index is 0.552. The molecule has 2 unspecified atom stereocenters. The van der Waals surface area contributed by atoms with E-state index in [-0.39, 0.29) is 0 Å². The second-order valence-corrected chi connectivity index (χ2v) is 6.12. The van der Waals surface area contributed by atoms with Crippen LogP contribution in [0.5, 0.6) is 0 Å². The predicted molar refractivity (Wildman–Crippen MR) is 86.1 cm³/mol. The summed E-state index contributed by atoms with van der Waals surface area (Å²) in [5, 5.41) is 8.96. The average Bonchev–Trinajstić information content (AvgIpc) is 2.36. The van der Waals surface area contributed by atoms with Gasteiger partial charge in [0.05, 0.1) is 6.10 Å². The normalized spacial score (nSPS) is 13.9. The van der Waals surface area contributed by atoms with Gasteiger partial charge in [-0.1, -0.05) is 26.7 Å². The Morgan fingerprint density at radius 3 is 1.86 bits per heavy atom. The fraction of sp³-hybridized carbons (Fsp3) is 0.938. The summed E-state index contributed by atoms with van der Waals surface area (Å²) in [5.74, 6) is -0.572. The number of rotatable bonds is 8. The van der Waals surface area contributed by atoms with Crippen LogP contribution in [0.4, 0.5) is 0 Å². The van der Waals surface area contributed by atoms with Crippen LogP contribution in [-0.4, -0.2) is 42.0 Å². The Hall–Kier alpha value is -0.650. The first kappa shape index (κ1) is 22.6. The molecule has 0 rings (SSSR count). The Bertz CT molecular complexity index is 243. The van der Waals surface area contributed by atoms with Gasteiger partial charge in [-0.2, -0.15) is 0 Å². The van der Waals surface area contributed by atoms with E-state index in [4.69, 9.17) is 20.3 Å². The summed E-state index contributed by atoms with van der Waals surface area (Å²) in [6, 6.07) is -0.954. The van der Waals surface area contributed by atoms with E-state index in [1.165, 1.54) is 32.6 Å². The lowest BCUT2D eigenvalue weighted by molar-refractivity contribution is -0.158. The average molecular weight is 305 g/mol. The van der Waals surface area contributed by atoms with Crippen LogP contribution in [0.2, 0.25) is 0 Å². The van der Waals surface area contributed by atoms with Crippen molar-refractivity contribution in [1.29, 1.82) is 0 Å². The van der Waals surface area contributed by atoms with Gasteiger partial charge < -0.3 is 20.3 Å². The van der Waals surface area contributed by atoms with Gasteiger partial charge in [-0.25, -0.2) is 0 Å². The maximum atomic E-state index is 11.1. The maximum Gasteiger partial charge on any atom is 0.326 e. The van der Waals surface area contributed by atoms with Crippen molar-refractivity contribution < 1.29 is 19.4 Å². The van der Waals surface area contributed by atoms with E-state index in [0.29, 0.717) is 0 Å². The zero-order chi connectivity index (χ0) is 16.9. The van der Waals surface area contributed by atoms with Gasteiger partial charge in [0.1, 0.15) is 11.6 Å². The van der Waals surface area contributed by atoms with E-state index in [2.05, 4.69) is 13.8 Å². The zero-order valence-corrected chi connectivity index (χ0v) is 14.6. The Labute approximate surface area is 130 Å². The molecule has 0 spiro atoms. The lowest BCUT2D eigenvalue weighted by Gasteiger charge is -2.23. The lowest BCUT2D eigenvalue weighted by Crippen LogP contribution is -2.44. The molecule has 0 heterocycles. The van der Waals surface area contributed by atoms with Crippen LogP contribution in [-0.2, 0) is 14.3 Å². The minimum Gasteiger partial charge on any atom is -0.459 e. The van der Waals surface area contributed by atoms with E-state index >= 15 is 0 Å². The van der Waals surface area contributed by atoms with Crippen LogP contribution >= 0.6 is 0 Å². The number of esters is 1. The summed E-state index contributed by atoms with van der Waals surface area (Å²) in [7, 11) is 0. The molecule has 2 atom stereocenters. The molecule has 0 aromatic rings. The van der Waals surface area contributed by atoms with Crippen molar-refractivity contribution in [3.05, 3.63) is 0 Å². The van der Waals surface area contributed by atoms with E-state index in [9.17, 15) is 4.79 Å². The van der Waals surface area contributed by atoms with Gasteiger partial charge >= 0.3 is 5.97 Å². The first-order chi connectivity index (χ1) is 9.65. The molecule has 0 saturated carbocycles. The highest BCUT2D eigenvalue weighted by atomic mass is 16.6. The molecule has 0 aliphatic heterocycles. The van der Waals surface area contributed by atoms with Crippen molar-refractivity contribution in [2.24, 2.45) is 5.73 Å². The van der Waals surface area contributed by atoms with Gasteiger partial charge in [0.2, 0.25) is 0 Å². The van der Waals surface area contributed by atoms with E-state index < -0.39 is 23.7 Å². The number of hydrogen-bond acceptors (Lipinski definition) is 5. The highest BCUT2D eigenvalue weighted by molar-refractivity contribution is 5.76. The molecule has 5 heteroatoms. The molecule has 0 fully saturated rings. The largest absolute Gasteiger partial charge is 0.459 e. The fourth-order valence-corrected chi connectivity index (χ4v) is 1.16. The van der Waals surface area contributed by atoms with E-state index in [1.54, 1.807) is 20.8 Å². The van der Waals surface area contributed by atoms with Crippen LogP contribution < -0.4 is 5.73 Å². The highest BCUT2D eigenvalue weighted by Gasteiger charge is 2.25. The molecule has 0 aliphatic carbocycles. The molecule has 5 nitrogen and oxygen atoms in total. The molecular weight excluding hydrogens is 270 g/mol. The third-order valence-electron chi connectivity index (χ3n) is 2.48. The molecule has 3 N–H and O–H groups in total. The number of ether oxygens (including phenoxy) is 2. The second kappa shape index (κ2) is 13.0. The van der Waals surface area contributed by atoms with Gasteiger partial charge in [0, 0.05) is 13.2 Å². The zero-order valence-electron chi connectivity index (χ0n) is 14.6. The Balaban J connectivity index is 0. The number of aliphatic hydroxyl groups is 1. The molecule has 0 amide bonds. The third-order valence-corrected chi connectivity index (χ3v) is 2.48. The van der Waals surface area contributed by atoms with E-state index in [0.717, 1.165) is 13.2 Å². The second-order valence-electron chi connectivity index (χ2n) is 6.12. The summed E-state index contributed by atoms with van der Waals surface area (Å²) >= 11 is 0. The Morgan fingerprint density at radius 2 is 1.57 bits per heavy atom. The number of nitrogens with two attached hydrogens (primary N) is 1. The first-order valence-electron chi connectivity index (χ1n) is 7.89. The van der Waals surface area contributed by atoms with Crippen LogP contribution in [0, 0.1) is 0 Å². The molecule has 0 radical (unpaired) electrons. The number of carbonyl (C=O) groups excluding carboxylic acids is 1. The quantitative estimate of drug-likeness (QED) is 0.532. The monoisotopic (exact) mass is 305 g/mol. The number of carbonyl (C=O) groups is 1. The Morgan fingerprint density at radius 1 is 1.14 bits per heavy atom. The SMILES string of the molecule is CC(O)C(N)C(=O)OC(C)(C)C.CCCCOCCCC. The van der Waals surface area contributed by atoms with Gasteiger partial charge in [0.25, 0.3) is 0 Å². The smallest absolute Gasteiger partial charge is 0.326 e. The first-order valence-corrected chi connectivity index (χ1v) is 7.89. The van der Waals surface area contributed by atoms with Crippen molar-refractivity contribution in [2.45, 2.75) is 85.0 Å². The summed E-state index contributed by atoms with van der Waals surface area (Å²) in [6.07, 6.45) is 4.03. The minimum atomic E-state index is -0.954. The fourth-order valence-electron chi connectivity index (χ4n) is 1.16. The van der Waals surface area contributed by atoms with Gasteiger partial charge in [-0.05, 0) is 40.5 Å². The van der Waals surface area contributed by atoms with Crippen molar-refractivity contribution in [3.8, 4) is 0 Å². The molecule has 0 aromatic carbocycles. The van der Waals surface area contributed by atoms with Crippen molar-refractivity contribution >= 4 is 5.97 Å². The molecule has 21 heavy (non-hydrogen) atoms. The maximum absolute atomic E-state index is 11.1. The van der Waals surface area contributed by atoms with Gasteiger partial charge in [-0.3, -0.25) is 4.79 Å². The van der Waals surface area contributed by atoms with Crippen LogP contribution in [0.15, 0.2) is 0 Å². The van der Waals surface area contributed by atoms with Crippen LogP contribution in [0.1, 0.15) is 67.2 Å². The van der Waals surface area contributed by atoms with Gasteiger partial charge in [-0.15, -0.1) is 0 Å². The number of hydrogen-bond donors (Lipinski definition) is 2. The molecule has 0 bridgehead atoms. The third kappa shape index (κ3) is 17.3.